The summed E-state index contributed by atoms with van der Waals surface area (Å²) in [5, 5.41) is 0. The molecule has 1 aromatic rings. The molecule has 2 nitrogen and oxygen atoms in total. The molecule has 7 heteroatoms. The summed E-state index contributed by atoms with van der Waals surface area (Å²) in [6, 6.07) is 2.57. The average Bonchev–Trinajstić information content (AvgIpc) is 2.01. The maximum Gasteiger partial charge on any atom is 0.267 e. The van der Waals surface area contributed by atoms with Crippen LogP contribution in [0.2, 0.25) is 0 Å². The summed E-state index contributed by atoms with van der Waals surface area (Å²) in [7, 11) is 0.503. The van der Waals surface area contributed by atoms with Crippen molar-refractivity contribution in [2.24, 2.45) is 0 Å². The van der Waals surface area contributed by atoms with Gasteiger partial charge in [-0.15, -0.1) is 0 Å². The highest BCUT2D eigenvalue weighted by Crippen LogP contribution is 2.30. The summed E-state index contributed by atoms with van der Waals surface area (Å²) in [6.07, 6.45) is -3.22. The van der Waals surface area contributed by atoms with E-state index in [1.807, 2.05) is 0 Å². The van der Waals surface area contributed by atoms with Gasteiger partial charge in [-0.1, -0.05) is 6.07 Å². The number of alkyl halides is 2. The monoisotopic (exact) mass is 244 g/mol. The summed E-state index contributed by atoms with van der Waals surface area (Å²) in [5.74, 6) is -1.29. The van der Waals surface area contributed by atoms with Gasteiger partial charge in [-0.3, -0.25) is 0 Å². The third-order valence-electron chi connectivity index (χ3n) is 1.49. The molecule has 0 saturated heterocycles. The van der Waals surface area contributed by atoms with E-state index >= 15 is 0 Å². The van der Waals surface area contributed by atoms with Crippen LogP contribution in [-0.4, -0.2) is 8.42 Å². The highest BCUT2D eigenvalue weighted by molar-refractivity contribution is 8.13. The van der Waals surface area contributed by atoms with Crippen LogP contribution in [0.4, 0.5) is 13.2 Å². The number of hydrogen-bond donors (Lipinski definition) is 0. The van der Waals surface area contributed by atoms with E-state index in [0.717, 1.165) is 18.2 Å². The molecule has 0 aliphatic rings. The molecule has 1 rings (SSSR count). The van der Waals surface area contributed by atoms with Gasteiger partial charge in [0.1, 0.15) is 5.82 Å². The SMILES string of the molecule is O=S(=O)(Cl)c1cccc(F)c1C(F)F. The van der Waals surface area contributed by atoms with Crippen molar-refractivity contribution in [2.75, 3.05) is 0 Å². The Balaban J connectivity index is 3.52. The summed E-state index contributed by atoms with van der Waals surface area (Å²) >= 11 is 0. The Morgan fingerprint density at radius 2 is 1.86 bits per heavy atom. The third kappa shape index (κ3) is 2.19. The van der Waals surface area contributed by atoms with Crippen molar-refractivity contribution in [3.8, 4) is 0 Å². The molecule has 0 spiro atoms. The van der Waals surface area contributed by atoms with Gasteiger partial charge in [0, 0.05) is 10.7 Å². The van der Waals surface area contributed by atoms with Crippen LogP contribution in [0.5, 0.6) is 0 Å². The Morgan fingerprint density at radius 1 is 1.29 bits per heavy atom. The zero-order chi connectivity index (χ0) is 10.9. The third-order valence-corrected chi connectivity index (χ3v) is 2.87. The predicted molar refractivity (Wildman–Crippen MR) is 44.4 cm³/mol. The van der Waals surface area contributed by atoms with Crippen molar-refractivity contribution in [1.29, 1.82) is 0 Å². The molecule has 0 N–H and O–H groups in total. The van der Waals surface area contributed by atoms with Crippen LogP contribution >= 0.6 is 10.7 Å². The van der Waals surface area contributed by atoms with Crippen molar-refractivity contribution in [3.05, 3.63) is 29.6 Å². The van der Waals surface area contributed by atoms with Gasteiger partial charge in [0.15, 0.2) is 0 Å². The van der Waals surface area contributed by atoms with Crippen LogP contribution in [-0.2, 0) is 9.05 Å². The minimum absolute atomic E-state index is 0.743. The number of benzene rings is 1. The minimum Gasteiger partial charge on any atom is -0.207 e. The zero-order valence-electron chi connectivity index (χ0n) is 6.55. The summed E-state index contributed by atoms with van der Waals surface area (Å²) in [6.45, 7) is 0. The lowest BCUT2D eigenvalue weighted by atomic mass is 10.2. The smallest absolute Gasteiger partial charge is 0.207 e. The van der Waals surface area contributed by atoms with Crippen LogP contribution in [0.15, 0.2) is 23.1 Å². The first-order chi connectivity index (χ1) is 6.34. The van der Waals surface area contributed by atoms with Gasteiger partial charge in [-0.25, -0.2) is 21.6 Å². The molecule has 0 atom stereocenters. The van der Waals surface area contributed by atoms with Crippen LogP contribution in [0.25, 0.3) is 0 Å². The Hall–Kier alpha value is -0.750. The van der Waals surface area contributed by atoms with E-state index in [0.29, 0.717) is 0 Å². The molecule has 0 heterocycles. The molecule has 0 unspecified atom stereocenters. The molecule has 0 amide bonds. The zero-order valence-corrected chi connectivity index (χ0v) is 8.12. The fourth-order valence-corrected chi connectivity index (χ4v) is 2.04. The Bertz CT molecular complexity index is 444. The summed E-state index contributed by atoms with van der Waals surface area (Å²) < 4.78 is 58.9. The van der Waals surface area contributed by atoms with Gasteiger partial charge in [-0.05, 0) is 12.1 Å². The van der Waals surface area contributed by atoms with E-state index in [1.54, 1.807) is 0 Å². The predicted octanol–water partition coefficient (Wildman–Crippen LogP) is 2.69. The molecule has 0 bridgehead atoms. The highest BCUT2D eigenvalue weighted by Gasteiger charge is 2.24. The summed E-state index contributed by atoms with van der Waals surface area (Å²) in [4.78, 5) is -0.894. The second kappa shape index (κ2) is 3.78. The van der Waals surface area contributed by atoms with Gasteiger partial charge in [0.25, 0.3) is 15.5 Å². The molecule has 0 aromatic heterocycles. The van der Waals surface area contributed by atoms with Crippen molar-refractivity contribution in [1.82, 2.24) is 0 Å². The first kappa shape index (κ1) is 11.3. The first-order valence-corrected chi connectivity index (χ1v) is 5.66. The molecule has 0 saturated carbocycles. The molecule has 78 valence electrons. The number of hydrogen-bond acceptors (Lipinski definition) is 2. The molecule has 0 radical (unpaired) electrons. The standard InChI is InChI=1S/C7H4ClF3O2S/c8-14(12,13)5-3-1-2-4(9)6(5)7(10)11/h1-3,7H. The van der Waals surface area contributed by atoms with Crippen molar-refractivity contribution < 1.29 is 21.6 Å². The largest absolute Gasteiger partial charge is 0.267 e. The van der Waals surface area contributed by atoms with E-state index in [4.69, 9.17) is 10.7 Å². The molecule has 0 aliphatic carbocycles. The second-order valence-corrected chi connectivity index (χ2v) is 4.92. The van der Waals surface area contributed by atoms with Crippen LogP contribution in [0.3, 0.4) is 0 Å². The van der Waals surface area contributed by atoms with Gasteiger partial charge >= 0.3 is 0 Å². The molecule has 1 aromatic carbocycles. The highest BCUT2D eigenvalue weighted by atomic mass is 35.7. The van der Waals surface area contributed by atoms with Crippen molar-refractivity contribution >= 4 is 19.7 Å². The minimum atomic E-state index is -4.35. The Labute approximate surface area is 82.7 Å². The van der Waals surface area contributed by atoms with E-state index < -0.39 is 31.8 Å². The number of halogens is 4. The fraction of sp³-hybridized carbons (Fsp3) is 0.143. The molecule has 14 heavy (non-hydrogen) atoms. The van der Waals surface area contributed by atoms with Gasteiger partial charge in [0.05, 0.1) is 10.5 Å². The topological polar surface area (TPSA) is 34.1 Å². The van der Waals surface area contributed by atoms with E-state index in [9.17, 15) is 21.6 Å². The Morgan fingerprint density at radius 3 is 2.21 bits per heavy atom. The average molecular weight is 245 g/mol. The molecular weight excluding hydrogens is 241 g/mol. The lowest BCUT2D eigenvalue weighted by Crippen LogP contribution is -2.01. The van der Waals surface area contributed by atoms with Gasteiger partial charge in [0.2, 0.25) is 0 Å². The van der Waals surface area contributed by atoms with Gasteiger partial charge in [-0.2, -0.15) is 0 Å². The maximum atomic E-state index is 12.8. The molecule has 0 aliphatic heterocycles. The van der Waals surface area contributed by atoms with E-state index in [-0.39, 0.29) is 0 Å². The lowest BCUT2D eigenvalue weighted by Gasteiger charge is -2.05. The molecular formula is C7H4ClF3O2S. The first-order valence-electron chi connectivity index (χ1n) is 3.35. The van der Waals surface area contributed by atoms with Crippen molar-refractivity contribution in [3.63, 3.8) is 0 Å². The van der Waals surface area contributed by atoms with Gasteiger partial charge < -0.3 is 0 Å². The lowest BCUT2D eigenvalue weighted by molar-refractivity contribution is 0.142. The summed E-state index contributed by atoms with van der Waals surface area (Å²) in [5.41, 5.74) is -1.19. The van der Waals surface area contributed by atoms with Crippen molar-refractivity contribution in [2.45, 2.75) is 11.3 Å². The van der Waals surface area contributed by atoms with E-state index in [2.05, 4.69) is 0 Å². The van der Waals surface area contributed by atoms with E-state index in [1.165, 1.54) is 0 Å². The quantitative estimate of drug-likeness (QED) is 0.750. The fourth-order valence-electron chi connectivity index (χ4n) is 0.942. The number of rotatable bonds is 2. The maximum absolute atomic E-state index is 12.8. The van der Waals surface area contributed by atoms with Crippen LogP contribution in [0, 0.1) is 5.82 Å². The normalized spacial score (nSPS) is 12.1. The Kier molecular flexibility index (Phi) is 3.06. The second-order valence-electron chi connectivity index (χ2n) is 2.39. The molecule has 0 fully saturated rings. The van der Waals surface area contributed by atoms with Crippen LogP contribution < -0.4 is 0 Å². The van der Waals surface area contributed by atoms with Crippen LogP contribution in [0.1, 0.15) is 12.0 Å².